The summed E-state index contributed by atoms with van der Waals surface area (Å²) in [7, 11) is 0. The Hall–Kier alpha value is -1.71. The van der Waals surface area contributed by atoms with Gasteiger partial charge in [0.2, 0.25) is 0 Å². The SMILES string of the molecule is Cc1nnc(N2CCOC3(CCOC3)C2)c(C#N)c1C. The second-order valence-electron chi connectivity index (χ2n) is 5.48. The van der Waals surface area contributed by atoms with E-state index in [2.05, 4.69) is 21.2 Å². The Balaban J connectivity index is 1.93. The molecule has 3 rings (SSSR count). The van der Waals surface area contributed by atoms with Crippen molar-refractivity contribution in [1.82, 2.24) is 10.2 Å². The summed E-state index contributed by atoms with van der Waals surface area (Å²) in [4.78, 5) is 2.11. The number of ether oxygens (including phenoxy) is 2. The molecule has 0 aliphatic carbocycles. The molecule has 0 bridgehead atoms. The van der Waals surface area contributed by atoms with E-state index in [1.54, 1.807) is 0 Å². The van der Waals surface area contributed by atoms with Crippen LogP contribution < -0.4 is 4.90 Å². The lowest BCUT2D eigenvalue weighted by molar-refractivity contribution is -0.0581. The average Bonchev–Trinajstić information content (AvgIpc) is 2.89. The molecule has 3 heterocycles. The van der Waals surface area contributed by atoms with Crippen LogP contribution in [0.15, 0.2) is 0 Å². The van der Waals surface area contributed by atoms with E-state index in [0.717, 1.165) is 30.8 Å². The third kappa shape index (κ3) is 2.13. The molecule has 2 aliphatic heterocycles. The molecule has 2 aliphatic rings. The quantitative estimate of drug-likeness (QED) is 0.759. The summed E-state index contributed by atoms with van der Waals surface area (Å²) >= 11 is 0. The molecule has 1 aromatic rings. The lowest BCUT2D eigenvalue weighted by atomic mass is 10.00. The van der Waals surface area contributed by atoms with Gasteiger partial charge in [0.25, 0.3) is 0 Å². The largest absolute Gasteiger partial charge is 0.378 e. The molecular formula is C14H18N4O2. The molecule has 0 saturated carbocycles. The van der Waals surface area contributed by atoms with Gasteiger partial charge < -0.3 is 14.4 Å². The number of hydrogen-bond acceptors (Lipinski definition) is 6. The summed E-state index contributed by atoms with van der Waals surface area (Å²) in [6, 6.07) is 2.26. The van der Waals surface area contributed by atoms with Gasteiger partial charge in [-0.3, -0.25) is 0 Å². The predicted molar refractivity (Wildman–Crippen MR) is 72.6 cm³/mol. The Morgan fingerprint density at radius 1 is 1.30 bits per heavy atom. The zero-order chi connectivity index (χ0) is 14.2. The Labute approximate surface area is 118 Å². The molecular weight excluding hydrogens is 256 g/mol. The van der Waals surface area contributed by atoms with E-state index < -0.39 is 0 Å². The number of morpholine rings is 1. The van der Waals surface area contributed by atoms with Crippen LogP contribution in [0, 0.1) is 25.2 Å². The lowest BCUT2D eigenvalue weighted by Crippen LogP contribution is -2.53. The number of anilines is 1. The zero-order valence-electron chi connectivity index (χ0n) is 11.8. The van der Waals surface area contributed by atoms with Gasteiger partial charge in [0.05, 0.1) is 25.5 Å². The third-order valence-electron chi connectivity index (χ3n) is 4.16. The molecule has 1 unspecified atom stereocenters. The van der Waals surface area contributed by atoms with Crippen molar-refractivity contribution in [2.45, 2.75) is 25.9 Å². The van der Waals surface area contributed by atoms with E-state index in [4.69, 9.17) is 9.47 Å². The summed E-state index contributed by atoms with van der Waals surface area (Å²) in [5.41, 5.74) is 2.08. The molecule has 2 fully saturated rings. The van der Waals surface area contributed by atoms with Gasteiger partial charge in [-0.2, -0.15) is 10.4 Å². The molecule has 6 nitrogen and oxygen atoms in total. The second kappa shape index (κ2) is 5.00. The summed E-state index contributed by atoms with van der Waals surface area (Å²) in [6.07, 6.45) is 0.893. The van der Waals surface area contributed by atoms with E-state index in [-0.39, 0.29) is 5.60 Å². The maximum atomic E-state index is 9.41. The van der Waals surface area contributed by atoms with Crippen molar-refractivity contribution >= 4 is 5.82 Å². The number of hydrogen-bond donors (Lipinski definition) is 0. The van der Waals surface area contributed by atoms with Crippen molar-refractivity contribution in [2.24, 2.45) is 0 Å². The summed E-state index contributed by atoms with van der Waals surface area (Å²) in [5, 5.41) is 17.8. The fraction of sp³-hybridized carbons (Fsp3) is 0.643. The van der Waals surface area contributed by atoms with Crippen LogP contribution in [-0.4, -0.2) is 48.7 Å². The minimum absolute atomic E-state index is 0.245. The van der Waals surface area contributed by atoms with Gasteiger partial charge in [-0.1, -0.05) is 0 Å². The van der Waals surface area contributed by atoms with E-state index in [1.807, 2.05) is 13.8 Å². The fourth-order valence-corrected chi connectivity index (χ4v) is 2.80. The molecule has 2 saturated heterocycles. The molecule has 6 heteroatoms. The van der Waals surface area contributed by atoms with Crippen LogP contribution in [0.1, 0.15) is 23.2 Å². The van der Waals surface area contributed by atoms with Crippen molar-refractivity contribution in [3.8, 4) is 6.07 Å². The fourth-order valence-electron chi connectivity index (χ4n) is 2.80. The van der Waals surface area contributed by atoms with Crippen molar-refractivity contribution in [1.29, 1.82) is 5.26 Å². The van der Waals surface area contributed by atoms with Crippen LogP contribution in [-0.2, 0) is 9.47 Å². The number of nitriles is 1. The summed E-state index contributed by atoms with van der Waals surface area (Å²) in [5.74, 6) is 0.671. The summed E-state index contributed by atoms with van der Waals surface area (Å²) < 4.78 is 11.4. The first-order chi connectivity index (χ1) is 9.65. The highest BCUT2D eigenvalue weighted by Gasteiger charge is 2.41. The Bertz CT molecular complexity index is 561. The monoisotopic (exact) mass is 274 g/mol. The third-order valence-corrected chi connectivity index (χ3v) is 4.16. The van der Waals surface area contributed by atoms with Gasteiger partial charge in [0.1, 0.15) is 17.2 Å². The maximum absolute atomic E-state index is 9.41. The van der Waals surface area contributed by atoms with Gasteiger partial charge >= 0.3 is 0 Å². The average molecular weight is 274 g/mol. The zero-order valence-corrected chi connectivity index (χ0v) is 11.8. The van der Waals surface area contributed by atoms with Crippen molar-refractivity contribution < 1.29 is 9.47 Å². The van der Waals surface area contributed by atoms with Crippen LogP contribution in [0.2, 0.25) is 0 Å². The molecule has 0 radical (unpaired) electrons. The van der Waals surface area contributed by atoms with Crippen molar-refractivity contribution in [3.63, 3.8) is 0 Å². The molecule has 0 amide bonds. The minimum atomic E-state index is -0.245. The Morgan fingerprint density at radius 3 is 2.85 bits per heavy atom. The second-order valence-corrected chi connectivity index (χ2v) is 5.48. The molecule has 0 N–H and O–H groups in total. The van der Waals surface area contributed by atoms with Crippen molar-refractivity contribution in [3.05, 3.63) is 16.8 Å². The van der Waals surface area contributed by atoms with Gasteiger partial charge in [-0.15, -0.1) is 5.10 Å². The van der Waals surface area contributed by atoms with Crippen LogP contribution in [0.4, 0.5) is 5.82 Å². The van der Waals surface area contributed by atoms with Crippen LogP contribution in [0.3, 0.4) is 0 Å². The lowest BCUT2D eigenvalue weighted by Gasteiger charge is -2.40. The maximum Gasteiger partial charge on any atom is 0.169 e. The normalized spacial score (nSPS) is 25.9. The number of rotatable bonds is 1. The molecule has 1 spiro atoms. The molecule has 1 aromatic heterocycles. The Morgan fingerprint density at radius 2 is 2.15 bits per heavy atom. The number of aromatic nitrogens is 2. The highest BCUT2D eigenvalue weighted by Crippen LogP contribution is 2.31. The minimum Gasteiger partial charge on any atom is -0.378 e. The molecule has 1 atom stereocenters. The van der Waals surface area contributed by atoms with Crippen molar-refractivity contribution in [2.75, 3.05) is 37.8 Å². The van der Waals surface area contributed by atoms with E-state index >= 15 is 0 Å². The first kappa shape index (κ1) is 13.3. The van der Waals surface area contributed by atoms with E-state index in [1.165, 1.54) is 0 Å². The van der Waals surface area contributed by atoms with Crippen LogP contribution >= 0.6 is 0 Å². The smallest absolute Gasteiger partial charge is 0.169 e. The predicted octanol–water partition coefficient (Wildman–Crippen LogP) is 0.961. The standard InChI is InChI=1S/C14H18N4O2/c1-10-11(2)16-17-13(12(10)7-15)18-4-6-20-14(8-18)3-5-19-9-14/h3-6,8-9H2,1-2H3. The topological polar surface area (TPSA) is 71.3 Å². The highest BCUT2D eigenvalue weighted by atomic mass is 16.6. The van der Waals surface area contributed by atoms with Gasteiger partial charge in [-0.05, 0) is 19.4 Å². The first-order valence-electron chi connectivity index (χ1n) is 6.86. The van der Waals surface area contributed by atoms with Gasteiger partial charge in [-0.25, -0.2) is 0 Å². The first-order valence-corrected chi connectivity index (χ1v) is 6.86. The Kier molecular flexibility index (Phi) is 3.32. The summed E-state index contributed by atoms with van der Waals surface area (Å²) in [6.45, 7) is 7.20. The highest BCUT2D eigenvalue weighted by molar-refractivity contribution is 5.58. The number of aryl methyl sites for hydroxylation is 1. The van der Waals surface area contributed by atoms with Gasteiger partial charge in [0.15, 0.2) is 5.82 Å². The van der Waals surface area contributed by atoms with Gasteiger partial charge in [0, 0.05) is 19.6 Å². The molecule has 0 aromatic carbocycles. The van der Waals surface area contributed by atoms with E-state index in [0.29, 0.717) is 31.1 Å². The molecule has 106 valence electrons. The number of nitrogens with zero attached hydrogens (tertiary/aromatic N) is 4. The van der Waals surface area contributed by atoms with E-state index in [9.17, 15) is 5.26 Å². The van der Waals surface area contributed by atoms with Crippen LogP contribution in [0.25, 0.3) is 0 Å². The van der Waals surface area contributed by atoms with Crippen LogP contribution in [0.5, 0.6) is 0 Å². The molecule has 20 heavy (non-hydrogen) atoms.